The number of aliphatic hydroxyl groups is 1. The molecule has 16 heavy (non-hydrogen) atoms. The Kier molecular flexibility index (Phi) is 3.27. The highest BCUT2D eigenvalue weighted by molar-refractivity contribution is 7.85. The van der Waals surface area contributed by atoms with E-state index in [4.69, 9.17) is 9.66 Å². The van der Waals surface area contributed by atoms with E-state index < -0.39 is 27.3 Å². The van der Waals surface area contributed by atoms with E-state index in [1.807, 2.05) is 0 Å². The van der Waals surface area contributed by atoms with E-state index in [2.05, 4.69) is 0 Å². The molecule has 0 saturated carbocycles. The molecule has 1 rings (SSSR count). The van der Waals surface area contributed by atoms with Crippen molar-refractivity contribution in [2.24, 2.45) is 0 Å². The highest BCUT2D eigenvalue weighted by atomic mass is 32.2. The van der Waals surface area contributed by atoms with E-state index in [1.54, 1.807) is 0 Å². The Morgan fingerprint density at radius 3 is 1.88 bits per heavy atom. The van der Waals surface area contributed by atoms with Gasteiger partial charge in [0, 0.05) is 0 Å². The van der Waals surface area contributed by atoms with Gasteiger partial charge in [-0.05, 0) is 17.7 Å². The predicted molar refractivity (Wildman–Crippen MR) is 48.0 cm³/mol. The van der Waals surface area contributed by atoms with Crippen LogP contribution in [0.25, 0.3) is 0 Å². The van der Waals surface area contributed by atoms with Gasteiger partial charge in [-0.3, -0.25) is 4.55 Å². The molecule has 0 amide bonds. The summed E-state index contributed by atoms with van der Waals surface area (Å²) < 4.78 is 65.8. The predicted octanol–water partition coefficient (Wildman–Crippen LogP) is 1.58. The number of hydrogen-bond donors (Lipinski definition) is 2. The number of benzene rings is 1. The number of hydrogen-bond acceptors (Lipinski definition) is 3. The quantitative estimate of drug-likeness (QED) is 0.788. The second-order valence-corrected chi connectivity index (χ2v) is 4.46. The molecule has 0 radical (unpaired) electrons. The zero-order valence-electron chi connectivity index (χ0n) is 7.64. The fraction of sp³-hybridized carbons (Fsp3) is 0.250. The fourth-order valence-corrected chi connectivity index (χ4v) is 1.51. The summed E-state index contributed by atoms with van der Waals surface area (Å²) >= 11 is 0. The third-order valence-electron chi connectivity index (χ3n) is 1.81. The van der Waals surface area contributed by atoms with Crippen LogP contribution >= 0.6 is 0 Å². The van der Waals surface area contributed by atoms with Crippen molar-refractivity contribution in [1.29, 1.82) is 0 Å². The van der Waals surface area contributed by atoms with Crippen LogP contribution in [0.15, 0.2) is 24.3 Å². The Balaban J connectivity index is 3.05. The lowest BCUT2D eigenvalue weighted by Crippen LogP contribution is -2.12. The number of alkyl halides is 3. The summed E-state index contributed by atoms with van der Waals surface area (Å²) in [6, 6.07) is 2.79. The maximum Gasteiger partial charge on any atom is 0.416 e. The minimum atomic E-state index is -4.73. The molecule has 8 heteroatoms. The molecule has 1 atom stereocenters. The molecule has 0 heterocycles. The van der Waals surface area contributed by atoms with Crippen LogP contribution in [0.5, 0.6) is 0 Å². The van der Waals surface area contributed by atoms with Crippen LogP contribution in [0.1, 0.15) is 16.6 Å². The third-order valence-corrected chi connectivity index (χ3v) is 2.64. The van der Waals surface area contributed by atoms with Crippen molar-refractivity contribution in [3.8, 4) is 0 Å². The lowest BCUT2D eigenvalue weighted by molar-refractivity contribution is -0.137. The second kappa shape index (κ2) is 4.04. The summed E-state index contributed by atoms with van der Waals surface area (Å²) in [5.41, 5.74) is -3.55. The summed E-state index contributed by atoms with van der Waals surface area (Å²) in [5, 5.41) is 9.03. The third kappa shape index (κ3) is 2.94. The van der Waals surface area contributed by atoms with E-state index in [0.29, 0.717) is 12.1 Å². The number of aliphatic hydroxyl groups excluding tert-OH is 1. The summed E-state index contributed by atoms with van der Waals surface area (Å²) in [4.78, 5) is 0. The topological polar surface area (TPSA) is 74.6 Å². The van der Waals surface area contributed by atoms with Crippen molar-refractivity contribution in [3.63, 3.8) is 0 Å². The van der Waals surface area contributed by atoms with E-state index in [9.17, 15) is 21.6 Å². The van der Waals surface area contributed by atoms with Gasteiger partial charge in [-0.2, -0.15) is 21.6 Å². The molecular formula is C8H7F3O4S. The summed E-state index contributed by atoms with van der Waals surface area (Å²) in [7, 11) is -4.73. The van der Waals surface area contributed by atoms with Gasteiger partial charge < -0.3 is 5.11 Å². The maximum absolute atomic E-state index is 12.1. The maximum atomic E-state index is 12.1. The molecule has 0 aromatic heterocycles. The minimum absolute atomic E-state index is 0.337. The Morgan fingerprint density at radius 1 is 1.12 bits per heavy atom. The van der Waals surface area contributed by atoms with Crippen LogP contribution in [0.4, 0.5) is 13.2 Å². The van der Waals surface area contributed by atoms with E-state index in [-0.39, 0.29) is 5.56 Å². The fourth-order valence-electron chi connectivity index (χ4n) is 1.01. The van der Waals surface area contributed by atoms with Gasteiger partial charge in [-0.1, -0.05) is 12.1 Å². The van der Waals surface area contributed by atoms with Gasteiger partial charge in [0.05, 0.1) is 5.56 Å². The highest BCUT2D eigenvalue weighted by Gasteiger charge is 2.31. The lowest BCUT2D eigenvalue weighted by Gasteiger charge is -2.10. The normalized spacial score (nSPS) is 14.8. The second-order valence-electron chi connectivity index (χ2n) is 2.99. The van der Waals surface area contributed by atoms with Crippen molar-refractivity contribution >= 4 is 10.1 Å². The first kappa shape index (κ1) is 12.9. The SMILES string of the molecule is O=S(=O)(O)C(O)c1ccc(C(F)(F)F)cc1. The van der Waals surface area contributed by atoms with Crippen LogP contribution in [-0.4, -0.2) is 18.1 Å². The van der Waals surface area contributed by atoms with Crippen molar-refractivity contribution in [1.82, 2.24) is 0 Å². The van der Waals surface area contributed by atoms with Crippen molar-refractivity contribution < 1.29 is 31.2 Å². The van der Waals surface area contributed by atoms with Crippen molar-refractivity contribution in [2.75, 3.05) is 0 Å². The van der Waals surface area contributed by atoms with E-state index >= 15 is 0 Å². The molecule has 2 N–H and O–H groups in total. The average Bonchev–Trinajstić information content (AvgIpc) is 2.14. The molecule has 0 fully saturated rings. The average molecular weight is 256 g/mol. The summed E-state index contributed by atoms with van der Waals surface area (Å²) in [6.07, 6.45) is -4.54. The van der Waals surface area contributed by atoms with Gasteiger partial charge in [-0.25, -0.2) is 0 Å². The first-order valence-electron chi connectivity index (χ1n) is 3.94. The molecule has 0 aliphatic carbocycles. The molecule has 0 aliphatic heterocycles. The van der Waals surface area contributed by atoms with Crippen LogP contribution in [0.3, 0.4) is 0 Å². The van der Waals surface area contributed by atoms with Crippen LogP contribution in [0, 0.1) is 0 Å². The largest absolute Gasteiger partial charge is 0.416 e. The lowest BCUT2D eigenvalue weighted by atomic mass is 10.1. The van der Waals surface area contributed by atoms with Crippen molar-refractivity contribution in [3.05, 3.63) is 35.4 Å². The Hall–Kier alpha value is -1.12. The molecule has 1 aromatic rings. The molecule has 1 aromatic carbocycles. The summed E-state index contributed by atoms with van der Waals surface area (Å²) in [5.74, 6) is 0. The monoisotopic (exact) mass is 256 g/mol. The number of halogens is 3. The molecule has 90 valence electrons. The molecule has 0 saturated heterocycles. The smallest absolute Gasteiger partial charge is 0.371 e. The first-order valence-corrected chi connectivity index (χ1v) is 5.44. The standard InChI is InChI=1S/C8H7F3O4S/c9-8(10,11)6-3-1-5(2-4-6)7(12)16(13,14)15/h1-4,7,12H,(H,13,14,15). The Bertz CT molecular complexity index is 463. The van der Waals surface area contributed by atoms with Crippen LogP contribution in [-0.2, 0) is 16.3 Å². The van der Waals surface area contributed by atoms with Gasteiger partial charge in [-0.15, -0.1) is 0 Å². The molecule has 4 nitrogen and oxygen atoms in total. The van der Waals surface area contributed by atoms with Crippen LogP contribution < -0.4 is 0 Å². The van der Waals surface area contributed by atoms with Gasteiger partial charge in [0.15, 0.2) is 0 Å². The van der Waals surface area contributed by atoms with Gasteiger partial charge in [0.1, 0.15) is 0 Å². The zero-order valence-corrected chi connectivity index (χ0v) is 8.46. The molecule has 1 unspecified atom stereocenters. The first-order chi connectivity index (χ1) is 7.12. The Labute approximate surface area is 89.1 Å². The molecular weight excluding hydrogens is 249 g/mol. The van der Waals surface area contributed by atoms with Gasteiger partial charge >= 0.3 is 6.18 Å². The molecule has 0 aliphatic rings. The van der Waals surface area contributed by atoms with Gasteiger partial charge in [0.2, 0.25) is 5.44 Å². The molecule has 0 spiro atoms. The van der Waals surface area contributed by atoms with Gasteiger partial charge in [0.25, 0.3) is 10.1 Å². The zero-order chi connectivity index (χ0) is 12.6. The number of rotatable bonds is 2. The molecule has 0 bridgehead atoms. The van der Waals surface area contributed by atoms with E-state index in [0.717, 1.165) is 12.1 Å². The van der Waals surface area contributed by atoms with E-state index in [1.165, 1.54) is 0 Å². The highest BCUT2D eigenvalue weighted by Crippen LogP contribution is 2.30. The Morgan fingerprint density at radius 2 is 1.56 bits per heavy atom. The van der Waals surface area contributed by atoms with Crippen molar-refractivity contribution in [2.45, 2.75) is 11.6 Å². The summed E-state index contributed by atoms with van der Waals surface area (Å²) in [6.45, 7) is 0. The van der Waals surface area contributed by atoms with Crippen LogP contribution in [0.2, 0.25) is 0 Å². The minimum Gasteiger partial charge on any atom is -0.371 e.